The maximum absolute atomic E-state index is 14.1. The minimum absolute atomic E-state index is 0.225. The van der Waals surface area contributed by atoms with E-state index < -0.39 is 6.04 Å². The third-order valence-corrected chi connectivity index (χ3v) is 6.50. The van der Waals surface area contributed by atoms with Crippen molar-refractivity contribution in [3.8, 4) is 0 Å². The third-order valence-electron chi connectivity index (χ3n) is 5.44. The summed E-state index contributed by atoms with van der Waals surface area (Å²) >= 11 is 1.34. The Kier molecular flexibility index (Phi) is 6.93. The summed E-state index contributed by atoms with van der Waals surface area (Å²) in [5.41, 5.74) is 4.05. The van der Waals surface area contributed by atoms with Gasteiger partial charge in [0, 0.05) is 5.69 Å². The second kappa shape index (κ2) is 10.1. The Balaban J connectivity index is 1.83. The monoisotopic (exact) mass is 473 g/mol. The van der Waals surface area contributed by atoms with Crippen LogP contribution in [0.2, 0.25) is 0 Å². The van der Waals surface area contributed by atoms with Crippen molar-refractivity contribution in [1.29, 1.82) is 0 Å². The number of nitrogens with one attached hydrogen (secondary N) is 1. The molecule has 0 radical (unpaired) electrons. The van der Waals surface area contributed by atoms with Gasteiger partial charge in [-0.25, -0.2) is 4.98 Å². The first-order valence-corrected chi connectivity index (χ1v) is 11.9. The van der Waals surface area contributed by atoms with E-state index in [1.165, 1.54) is 11.3 Å². The molecule has 174 valence electrons. The summed E-state index contributed by atoms with van der Waals surface area (Å²) in [4.78, 5) is 34.3. The third kappa shape index (κ3) is 5.10. The molecule has 1 N–H and O–H groups in total. The normalized spacial score (nSPS) is 11.8. The van der Waals surface area contributed by atoms with Crippen LogP contribution < -0.4 is 10.2 Å². The zero-order valence-corrected chi connectivity index (χ0v) is 20.5. The molecular formula is C27H27N3O3S. The van der Waals surface area contributed by atoms with Crippen LogP contribution in [0.1, 0.15) is 48.9 Å². The maximum Gasteiger partial charge on any atom is 0.271 e. The van der Waals surface area contributed by atoms with E-state index >= 15 is 0 Å². The van der Waals surface area contributed by atoms with Crippen LogP contribution in [-0.4, -0.2) is 16.8 Å². The van der Waals surface area contributed by atoms with E-state index in [9.17, 15) is 9.59 Å². The SMILES string of the molecule is Cc1cc(C)cc(N(C(=O)c2sc(C)nc2C)[C@H](C(=O)NCc2ccco2)c2ccccc2)c1. The Morgan fingerprint density at radius 1 is 1.00 bits per heavy atom. The second-order valence-corrected chi connectivity index (χ2v) is 9.48. The molecule has 4 rings (SSSR count). The molecule has 0 aliphatic heterocycles. The average molecular weight is 474 g/mol. The average Bonchev–Trinajstić information content (AvgIpc) is 3.44. The number of aromatic nitrogens is 1. The number of furan rings is 1. The lowest BCUT2D eigenvalue weighted by atomic mass is 10.0. The molecule has 0 fully saturated rings. The number of carbonyl (C=O) groups is 2. The summed E-state index contributed by atoms with van der Waals surface area (Å²) in [7, 11) is 0. The molecule has 2 aromatic heterocycles. The predicted octanol–water partition coefficient (Wildman–Crippen LogP) is 5.67. The van der Waals surface area contributed by atoms with Crippen molar-refractivity contribution in [3.05, 3.63) is 105 Å². The van der Waals surface area contributed by atoms with E-state index in [2.05, 4.69) is 10.3 Å². The van der Waals surface area contributed by atoms with Gasteiger partial charge in [0.05, 0.1) is 23.5 Å². The molecular weight excluding hydrogens is 446 g/mol. The summed E-state index contributed by atoms with van der Waals surface area (Å²) in [6.45, 7) is 7.89. The van der Waals surface area contributed by atoms with Crippen LogP contribution >= 0.6 is 11.3 Å². The van der Waals surface area contributed by atoms with Crippen molar-refractivity contribution >= 4 is 28.8 Å². The highest BCUT2D eigenvalue weighted by Gasteiger charge is 2.35. The molecule has 2 amide bonds. The fraction of sp³-hybridized carbons (Fsp3) is 0.222. The minimum Gasteiger partial charge on any atom is -0.467 e. The molecule has 0 spiro atoms. The summed E-state index contributed by atoms with van der Waals surface area (Å²) in [5, 5.41) is 3.76. The first kappa shape index (κ1) is 23.4. The number of thiazole rings is 1. The van der Waals surface area contributed by atoms with Gasteiger partial charge in [0.25, 0.3) is 5.91 Å². The van der Waals surface area contributed by atoms with Crippen LogP contribution in [0.15, 0.2) is 71.3 Å². The highest BCUT2D eigenvalue weighted by atomic mass is 32.1. The Morgan fingerprint density at radius 3 is 2.29 bits per heavy atom. The minimum atomic E-state index is -0.883. The zero-order valence-electron chi connectivity index (χ0n) is 19.7. The lowest BCUT2D eigenvalue weighted by Crippen LogP contribution is -2.44. The zero-order chi connectivity index (χ0) is 24.2. The van der Waals surface area contributed by atoms with Gasteiger partial charge in [-0.2, -0.15) is 0 Å². The van der Waals surface area contributed by atoms with Gasteiger partial charge in [-0.05, 0) is 68.7 Å². The molecule has 7 heteroatoms. The molecule has 0 aliphatic carbocycles. The number of carbonyl (C=O) groups excluding carboxylic acids is 2. The molecule has 4 aromatic rings. The molecule has 34 heavy (non-hydrogen) atoms. The maximum atomic E-state index is 14.1. The lowest BCUT2D eigenvalue weighted by molar-refractivity contribution is -0.122. The van der Waals surface area contributed by atoms with Gasteiger partial charge in [0.1, 0.15) is 16.7 Å². The van der Waals surface area contributed by atoms with Crippen molar-refractivity contribution in [2.75, 3.05) is 4.90 Å². The Bertz CT molecular complexity index is 1280. The van der Waals surface area contributed by atoms with Gasteiger partial charge in [-0.1, -0.05) is 36.4 Å². The number of aryl methyl sites for hydroxylation is 4. The van der Waals surface area contributed by atoms with Crippen LogP contribution in [0.25, 0.3) is 0 Å². The van der Waals surface area contributed by atoms with Crippen LogP contribution in [0, 0.1) is 27.7 Å². The fourth-order valence-corrected chi connectivity index (χ4v) is 4.91. The van der Waals surface area contributed by atoms with E-state index in [0.717, 1.165) is 16.1 Å². The summed E-state index contributed by atoms with van der Waals surface area (Å²) < 4.78 is 5.38. The van der Waals surface area contributed by atoms with Crippen LogP contribution in [0.3, 0.4) is 0 Å². The second-order valence-electron chi connectivity index (χ2n) is 8.28. The molecule has 0 aliphatic rings. The summed E-state index contributed by atoms with van der Waals surface area (Å²) in [5.74, 6) is 0.0856. The number of nitrogens with zero attached hydrogens (tertiary/aromatic N) is 2. The van der Waals surface area contributed by atoms with Crippen LogP contribution in [0.5, 0.6) is 0 Å². The van der Waals surface area contributed by atoms with E-state index in [-0.39, 0.29) is 18.4 Å². The van der Waals surface area contributed by atoms with E-state index in [1.54, 1.807) is 23.3 Å². The van der Waals surface area contributed by atoms with Gasteiger partial charge < -0.3 is 9.73 Å². The number of benzene rings is 2. The molecule has 2 aromatic carbocycles. The molecule has 0 saturated heterocycles. The number of hydrogen-bond acceptors (Lipinski definition) is 5. The molecule has 0 unspecified atom stereocenters. The van der Waals surface area contributed by atoms with Crippen LogP contribution in [-0.2, 0) is 11.3 Å². The summed E-state index contributed by atoms with van der Waals surface area (Å²) in [6, 6.07) is 18.0. The number of hydrogen-bond donors (Lipinski definition) is 1. The fourth-order valence-electron chi connectivity index (χ4n) is 4.05. The van der Waals surface area contributed by atoms with Crippen molar-refractivity contribution < 1.29 is 14.0 Å². The Morgan fingerprint density at radius 2 is 1.71 bits per heavy atom. The first-order chi connectivity index (χ1) is 16.3. The van der Waals surface area contributed by atoms with Crippen molar-refractivity contribution in [3.63, 3.8) is 0 Å². The Hall–Kier alpha value is -3.71. The van der Waals surface area contributed by atoms with E-state index in [0.29, 0.717) is 27.6 Å². The molecule has 1 atom stereocenters. The van der Waals surface area contributed by atoms with Gasteiger partial charge in [0.2, 0.25) is 5.91 Å². The van der Waals surface area contributed by atoms with E-state index in [4.69, 9.17) is 4.42 Å². The topological polar surface area (TPSA) is 75.4 Å². The van der Waals surface area contributed by atoms with Crippen LogP contribution in [0.4, 0.5) is 5.69 Å². The highest BCUT2D eigenvalue weighted by Crippen LogP contribution is 2.33. The van der Waals surface area contributed by atoms with Gasteiger partial charge in [0.15, 0.2) is 0 Å². The van der Waals surface area contributed by atoms with Crippen molar-refractivity contribution in [2.45, 2.75) is 40.3 Å². The lowest BCUT2D eigenvalue weighted by Gasteiger charge is -2.31. The number of anilines is 1. The molecule has 0 saturated carbocycles. The Labute approximate surface area is 203 Å². The molecule has 0 bridgehead atoms. The summed E-state index contributed by atoms with van der Waals surface area (Å²) in [6.07, 6.45) is 1.57. The predicted molar refractivity (Wildman–Crippen MR) is 134 cm³/mol. The van der Waals surface area contributed by atoms with E-state index in [1.807, 2.05) is 76.2 Å². The smallest absolute Gasteiger partial charge is 0.271 e. The first-order valence-electron chi connectivity index (χ1n) is 11.0. The molecule has 6 nitrogen and oxygen atoms in total. The largest absolute Gasteiger partial charge is 0.467 e. The van der Waals surface area contributed by atoms with Gasteiger partial charge in [-0.3, -0.25) is 14.5 Å². The molecule has 2 heterocycles. The van der Waals surface area contributed by atoms with Crippen molar-refractivity contribution in [2.24, 2.45) is 0 Å². The number of rotatable bonds is 7. The standard InChI is InChI=1S/C27H27N3O3S/c1-17-13-18(2)15-22(14-17)30(27(32)25-19(3)29-20(4)34-25)24(21-9-6-5-7-10-21)26(31)28-16-23-11-8-12-33-23/h5-15,24H,16H2,1-4H3,(H,28,31)/t24-/m0/s1. The number of amides is 2. The quantitative estimate of drug-likeness (QED) is 0.375. The van der Waals surface area contributed by atoms with Gasteiger partial charge >= 0.3 is 0 Å². The van der Waals surface area contributed by atoms with Gasteiger partial charge in [-0.15, -0.1) is 11.3 Å². The highest BCUT2D eigenvalue weighted by molar-refractivity contribution is 7.13. The van der Waals surface area contributed by atoms with Crippen molar-refractivity contribution in [1.82, 2.24) is 10.3 Å².